The van der Waals surface area contributed by atoms with Gasteiger partial charge in [-0.15, -0.1) is 0 Å². The first-order valence-electron chi connectivity index (χ1n) is 24.4. The van der Waals surface area contributed by atoms with Gasteiger partial charge in [0.05, 0.1) is 48.8 Å². The molecule has 0 saturated heterocycles. The van der Waals surface area contributed by atoms with E-state index in [4.69, 9.17) is 18.9 Å². The summed E-state index contributed by atoms with van der Waals surface area (Å²) in [6.45, 7) is 4.99. The van der Waals surface area contributed by atoms with E-state index in [1.165, 1.54) is 35.0 Å². The molecule has 18 nitrogen and oxygen atoms in total. The van der Waals surface area contributed by atoms with Crippen LogP contribution in [0.3, 0.4) is 0 Å². The number of fused-ring (bicyclic) bond motifs is 8. The lowest BCUT2D eigenvalue weighted by atomic mass is 10.1. The minimum atomic E-state index is -1.09. The molecule has 6 N–H and O–H groups in total. The third kappa shape index (κ3) is 10.6. The third-order valence-electron chi connectivity index (χ3n) is 13.6. The Labute approximate surface area is 422 Å². The largest absolute Gasteiger partial charge is 0.493 e. The van der Waals surface area contributed by atoms with Gasteiger partial charge >= 0.3 is 0 Å². The summed E-state index contributed by atoms with van der Waals surface area (Å²) in [5.74, 6) is -0.582. The summed E-state index contributed by atoms with van der Waals surface area (Å²) >= 11 is 0. The van der Waals surface area contributed by atoms with Crippen molar-refractivity contribution in [2.24, 2.45) is 0 Å². The fourth-order valence-electron chi connectivity index (χ4n) is 9.87. The van der Waals surface area contributed by atoms with E-state index in [-0.39, 0.29) is 60.7 Å². The SMILES string of the molecule is COc1cc2c(cc1OCc1cc(COc3cc4c(cc3OC)C(=O)N3c5ccccc5C[C@H]3C(O)N4)cc(NC(=O)[C@H](C)NC(=O)[C@H](C)NC(=O)CCCCC(C)=O)c1)NC[C@@H]1Cc3ccccc3N1C2=O. The van der Waals surface area contributed by atoms with Gasteiger partial charge in [0.25, 0.3) is 11.8 Å². The van der Waals surface area contributed by atoms with Crippen LogP contribution in [0.15, 0.2) is 91.0 Å². The summed E-state index contributed by atoms with van der Waals surface area (Å²) in [5.41, 5.74) is 6.95. The van der Waals surface area contributed by atoms with Crippen molar-refractivity contribution in [2.45, 2.75) is 103 Å². The number of ketones is 1. The highest BCUT2D eigenvalue weighted by Crippen LogP contribution is 2.43. The van der Waals surface area contributed by atoms with E-state index < -0.39 is 36.2 Å². The van der Waals surface area contributed by atoms with Gasteiger partial charge in [0, 0.05) is 48.6 Å². The van der Waals surface area contributed by atoms with Crippen LogP contribution in [-0.4, -0.2) is 91.6 Å². The number of nitrogens with one attached hydrogen (secondary N) is 5. The zero-order chi connectivity index (χ0) is 51.5. The van der Waals surface area contributed by atoms with Crippen molar-refractivity contribution >= 4 is 63.8 Å². The number of rotatable bonds is 18. The summed E-state index contributed by atoms with van der Waals surface area (Å²) in [4.78, 5) is 82.3. The topological polar surface area (TPSA) is 226 Å². The molecule has 5 atom stereocenters. The lowest BCUT2D eigenvalue weighted by molar-refractivity contribution is -0.130. The molecule has 73 heavy (non-hydrogen) atoms. The molecule has 0 radical (unpaired) electrons. The van der Waals surface area contributed by atoms with E-state index in [1.54, 1.807) is 41.3 Å². The Bertz CT molecular complexity index is 3000. The third-order valence-corrected chi connectivity index (χ3v) is 13.6. The first-order chi connectivity index (χ1) is 35.2. The summed E-state index contributed by atoms with van der Waals surface area (Å²) in [6.07, 6.45) is 1.72. The number of carbonyl (C=O) groups is 6. The van der Waals surface area contributed by atoms with Crippen LogP contribution in [0.25, 0.3) is 0 Å². The van der Waals surface area contributed by atoms with Crippen LogP contribution in [0.2, 0.25) is 0 Å². The Hall–Kier alpha value is -8.12. The van der Waals surface area contributed by atoms with Crippen LogP contribution in [0.5, 0.6) is 23.0 Å². The molecule has 0 bridgehead atoms. The Balaban J connectivity index is 0.944. The smallest absolute Gasteiger partial charge is 0.260 e. The number of carbonyl (C=O) groups excluding carboxylic acids is 6. The lowest BCUT2D eigenvalue weighted by Gasteiger charge is -2.26. The fraction of sp³-hybridized carbons (Fsp3) is 0.345. The summed E-state index contributed by atoms with van der Waals surface area (Å²) in [7, 11) is 2.97. The average molecular weight is 994 g/mol. The zero-order valence-electron chi connectivity index (χ0n) is 41.3. The molecule has 4 aliphatic rings. The van der Waals surface area contributed by atoms with Crippen molar-refractivity contribution in [3.8, 4) is 23.0 Å². The second-order valence-corrected chi connectivity index (χ2v) is 18.8. The predicted octanol–water partition coefficient (Wildman–Crippen LogP) is 6.27. The molecule has 0 spiro atoms. The number of aliphatic hydroxyl groups excluding tert-OH is 1. The maximum absolute atomic E-state index is 14.1. The number of amides is 5. The number of ether oxygens (including phenoxy) is 4. The predicted molar refractivity (Wildman–Crippen MR) is 274 cm³/mol. The van der Waals surface area contributed by atoms with Crippen LogP contribution in [0.1, 0.15) is 89.4 Å². The van der Waals surface area contributed by atoms with Crippen molar-refractivity contribution in [3.05, 3.63) is 124 Å². The average Bonchev–Trinajstić information content (AvgIpc) is 3.90. The van der Waals surface area contributed by atoms with Gasteiger partial charge in [-0.05, 0) is 111 Å². The molecule has 9 rings (SSSR count). The van der Waals surface area contributed by atoms with Gasteiger partial charge < -0.3 is 65.2 Å². The first kappa shape index (κ1) is 49.8. The minimum Gasteiger partial charge on any atom is -0.493 e. The van der Waals surface area contributed by atoms with Gasteiger partial charge in [-0.3, -0.25) is 24.0 Å². The Morgan fingerprint density at radius 2 is 1.25 bits per heavy atom. The standard InChI is InChI=1S/C55H59N7O11/c1-30(63)12-6-11-17-50(64)57-31(2)51(65)58-32(3)52(66)59-37-19-33(28-72-48-25-41-39(23-46(48)70-4)54(68)61-38(27-56-41)21-35-13-7-9-15-43(35)61)18-34(20-37)29-73-49-26-42-40(24-47(49)71-5)55(69)62-44-16-10-8-14-36(44)22-45(62)53(67)60-42/h7-10,13-16,18-20,23-26,31-32,38,45,53,56,60,67H,6,11-12,17,21-22,27-29H2,1-5H3,(H,57,64)(H,58,65)(H,59,66)/t31-,32-,38-,45-,53?/m0/s1. The van der Waals surface area contributed by atoms with Crippen LogP contribution in [0, 0.1) is 0 Å². The van der Waals surface area contributed by atoms with Crippen LogP contribution in [-0.2, 0) is 45.2 Å². The maximum atomic E-state index is 14.1. The van der Waals surface area contributed by atoms with Gasteiger partial charge in [0.15, 0.2) is 23.0 Å². The molecule has 5 aromatic carbocycles. The van der Waals surface area contributed by atoms with E-state index in [9.17, 15) is 33.9 Å². The van der Waals surface area contributed by atoms with Crippen molar-refractivity contribution in [1.82, 2.24) is 10.6 Å². The van der Waals surface area contributed by atoms with Gasteiger partial charge in [-0.25, -0.2) is 0 Å². The van der Waals surface area contributed by atoms with E-state index >= 15 is 0 Å². The number of Topliss-reactive ketones (excluding diaryl/α,β-unsaturated/α-hetero) is 1. The number of hydrogen-bond donors (Lipinski definition) is 6. The molecule has 0 saturated carbocycles. The van der Waals surface area contributed by atoms with Crippen molar-refractivity contribution in [3.63, 3.8) is 0 Å². The Morgan fingerprint density at radius 1 is 0.685 bits per heavy atom. The second-order valence-electron chi connectivity index (χ2n) is 18.8. The highest BCUT2D eigenvalue weighted by atomic mass is 16.5. The number of benzene rings is 5. The van der Waals surface area contributed by atoms with Crippen LogP contribution >= 0.6 is 0 Å². The van der Waals surface area contributed by atoms with Crippen molar-refractivity contribution in [2.75, 3.05) is 46.5 Å². The Kier molecular flexibility index (Phi) is 14.5. The van der Waals surface area contributed by atoms with Gasteiger partial charge in [0.2, 0.25) is 17.7 Å². The monoisotopic (exact) mass is 993 g/mol. The zero-order valence-corrected chi connectivity index (χ0v) is 41.3. The maximum Gasteiger partial charge on any atom is 0.260 e. The first-order valence-corrected chi connectivity index (χ1v) is 24.4. The second kappa shape index (κ2) is 21.3. The molecule has 0 aromatic heterocycles. The van der Waals surface area contributed by atoms with E-state index in [0.29, 0.717) is 83.0 Å². The molecule has 18 heteroatoms. The molecule has 4 aliphatic heterocycles. The number of aliphatic hydroxyl groups is 1. The molecule has 1 unspecified atom stereocenters. The van der Waals surface area contributed by atoms with Crippen molar-refractivity contribution in [1.29, 1.82) is 0 Å². The van der Waals surface area contributed by atoms with E-state index in [1.807, 2.05) is 59.5 Å². The summed E-state index contributed by atoms with van der Waals surface area (Å²) in [5, 5.41) is 26.2. The van der Waals surface area contributed by atoms with Crippen LogP contribution in [0.4, 0.5) is 28.4 Å². The van der Waals surface area contributed by atoms with Crippen LogP contribution < -0.4 is 55.3 Å². The number of methoxy groups -OCH3 is 2. The molecule has 0 fully saturated rings. The van der Waals surface area contributed by atoms with Crippen molar-refractivity contribution < 1.29 is 52.8 Å². The quantitative estimate of drug-likeness (QED) is 0.0533. The molecule has 5 amide bonds. The fourth-order valence-corrected chi connectivity index (χ4v) is 9.87. The van der Waals surface area contributed by atoms with Gasteiger partial charge in [0.1, 0.15) is 37.3 Å². The highest BCUT2D eigenvalue weighted by molar-refractivity contribution is 6.13. The van der Waals surface area contributed by atoms with Gasteiger partial charge in [-0.1, -0.05) is 36.4 Å². The number of unbranched alkanes of at least 4 members (excludes halogenated alkanes) is 1. The summed E-state index contributed by atoms with van der Waals surface area (Å²) < 4.78 is 24.4. The Morgan fingerprint density at radius 3 is 1.89 bits per heavy atom. The molecule has 4 heterocycles. The number of hydrogen-bond acceptors (Lipinski definition) is 13. The van der Waals surface area contributed by atoms with E-state index in [0.717, 1.165) is 28.9 Å². The van der Waals surface area contributed by atoms with Gasteiger partial charge in [-0.2, -0.15) is 0 Å². The normalized spacial score (nSPS) is 17.8. The minimum absolute atomic E-state index is 0.0208. The lowest BCUT2D eigenvalue weighted by Crippen LogP contribution is -2.50. The molecule has 0 aliphatic carbocycles. The summed E-state index contributed by atoms with van der Waals surface area (Å²) in [6, 6.07) is 24.8. The molecule has 5 aromatic rings. The highest BCUT2D eigenvalue weighted by Gasteiger charge is 2.42. The molecular weight excluding hydrogens is 935 g/mol. The van der Waals surface area contributed by atoms with E-state index in [2.05, 4.69) is 26.6 Å². The molecule has 380 valence electrons. The molecular formula is C55H59N7O11. The number of nitrogens with zero attached hydrogens (tertiary/aromatic N) is 2. The number of anilines is 5. The number of para-hydroxylation sites is 2.